The van der Waals surface area contributed by atoms with Gasteiger partial charge in [-0.15, -0.1) is 0 Å². The van der Waals surface area contributed by atoms with Crippen LogP contribution in [0.1, 0.15) is 34.8 Å². The Bertz CT molecular complexity index is 744. The predicted octanol–water partition coefficient (Wildman–Crippen LogP) is 3.74. The largest absolute Gasteiger partial charge is 0.493 e. The molecule has 0 N–H and O–H groups in total. The van der Waals surface area contributed by atoms with E-state index in [1.807, 2.05) is 36.1 Å². The maximum absolute atomic E-state index is 13.0. The normalized spacial score (nSPS) is 15.5. The summed E-state index contributed by atoms with van der Waals surface area (Å²) in [6.45, 7) is 9.08. The first-order chi connectivity index (χ1) is 12.7. The van der Waals surface area contributed by atoms with Gasteiger partial charge in [-0.2, -0.15) is 0 Å². The van der Waals surface area contributed by atoms with E-state index >= 15 is 0 Å². The highest BCUT2D eigenvalue weighted by molar-refractivity contribution is 5.97. The Labute approximate surface area is 156 Å². The third-order valence-electron chi connectivity index (χ3n) is 4.95. The zero-order valence-electron chi connectivity index (χ0n) is 15.8. The lowest BCUT2D eigenvalue weighted by atomic mass is 10.1. The minimum Gasteiger partial charge on any atom is -0.493 e. The molecule has 0 saturated carbocycles. The number of carbonyl (C=O) groups is 1. The molecule has 138 valence electrons. The van der Waals surface area contributed by atoms with Gasteiger partial charge in [0.15, 0.2) is 0 Å². The summed E-state index contributed by atoms with van der Waals surface area (Å²) >= 11 is 0. The molecule has 1 saturated heterocycles. The number of hydrogen-bond donors (Lipinski definition) is 0. The molecule has 1 aliphatic rings. The van der Waals surface area contributed by atoms with Gasteiger partial charge in [0.25, 0.3) is 5.91 Å². The number of para-hydroxylation sites is 1. The predicted molar refractivity (Wildman–Crippen MR) is 105 cm³/mol. The Kier molecular flexibility index (Phi) is 6.29. The molecule has 2 aromatic rings. The molecular formula is C22H28N2O2. The molecule has 1 amide bonds. The monoisotopic (exact) mass is 352 g/mol. The van der Waals surface area contributed by atoms with Crippen molar-refractivity contribution in [2.24, 2.45) is 0 Å². The second kappa shape index (κ2) is 8.86. The van der Waals surface area contributed by atoms with Crippen molar-refractivity contribution >= 4 is 5.91 Å². The van der Waals surface area contributed by atoms with Crippen molar-refractivity contribution < 1.29 is 9.53 Å². The summed E-state index contributed by atoms with van der Waals surface area (Å²) in [5.74, 6) is 0.757. The van der Waals surface area contributed by atoms with Gasteiger partial charge in [0.1, 0.15) is 5.75 Å². The van der Waals surface area contributed by atoms with Gasteiger partial charge in [-0.25, -0.2) is 0 Å². The fourth-order valence-corrected chi connectivity index (χ4v) is 3.46. The number of benzene rings is 2. The van der Waals surface area contributed by atoms with E-state index in [1.165, 1.54) is 11.1 Å². The van der Waals surface area contributed by atoms with Crippen LogP contribution in [0.5, 0.6) is 5.75 Å². The Morgan fingerprint density at radius 2 is 1.77 bits per heavy atom. The van der Waals surface area contributed by atoms with Crippen molar-refractivity contribution in [3.05, 3.63) is 65.2 Å². The minimum absolute atomic E-state index is 0.0757. The Morgan fingerprint density at radius 1 is 1.00 bits per heavy atom. The molecule has 3 rings (SSSR count). The number of rotatable bonds is 5. The Hall–Kier alpha value is -2.33. The van der Waals surface area contributed by atoms with Crippen LogP contribution in [0.3, 0.4) is 0 Å². The molecule has 0 radical (unpaired) electrons. The zero-order valence-corrected chi connectivity index (χ0v) is 15.8. The maximum Gasteiger partial charge on any atom is 0.257 e. The molecule has 0 atom stereocenters. The van der Waals surface area contributed by atoms with E-state index in [4.69, 9.17) is 4.74 Å². The van der Waals surface area contributed by atoms with Gasteiger partial charge in [-0.3, -0.25) is 9.69 Å². The summed E-state index contributed by atoms with van der Waals surface area (Å²) in [4.78, 5) is 17.4. The highest BCUT2D eigenvalue weighted by atomic mass is 16.5. The number of amides is 1. The van der Waals surface area contributed by atoms with Gasteiger partial charge < -0.3 is 9.64 Å². The highest BCUT2D eigenvalue weighted by Crippen LogP contribution is 2.21. The summed E-state index contributed by atoms with van der Waals surface area (Å²) in [5.41, 5.74) is 3.37. The molecule has 0 bridgehead atoms. The Balaban J connectivity index is 1.65. The third kappa shape index (κ3) is 4.44. The van der Waals surface area contributed by atoms with Gasteiger partial charge in [-0.05, 0) is 43.5 Å². The van der Waals surface area contributed by atoms with Crippen molar-refractivity contribution in [3.8, 4) is 5.75 Å². The molecule has 0 unspecified atom stereocenters. The molecule has 1 heterocycles. The number of carbonyl (C=O) groups excluding carboxylic acids is 1. The number of aryl methyl sites for hydroxylation is 1. The summed E-state index contributed by atoms with van der Waals surface area (Å²) in [6, 6.07) is 16.1. The Morgan fingerprint density at radius 3 is 2.58 bits per heavy atom. The SMILES string of the molecule is CCOc1ccccc1C(=O)N1CCCN(Cc2ccccc2C)CC1. The molecule has 2 aromatic carbocycles. The van der Waals surface area contributed by atoms with Crippen LogP contribution < -0.4 is 4.74 Å². The van der Waals surface area contributed by atoms with Crippen LogP contribution in [0.4, 0.5) is 0 Å². The topological polar surface area (TPSA) is 32.8 Å². The molecule has 1 aliphatic heterocycles. The third-order valence-corrected chi connectivity index (χ3v) is 4.95. The standard InChI is InChI=1S/C22H28N2O2/c1-3-26-21-12-7-6-11-20(21)22(25)24-14-8-13-23(15-16-24)17-19-10-5-4-9-18(19)2/h4-7,9-12H,3,8,13-17H2,1-2H3. The van der Waals surface area contributed by atoms with E-state index < -0.39 is 0 Å². The molecular weight excluding hydrogens is 324 g/mol. The molecule has 4 heteroatoms. The second-order valence-electron chi connectivity index (χ2n) is 6.78. The van der Waals surface area contributed by atoms with Crippen LogP contribution in [-0.4, -0.2) is 48.5 Å². The lowest BCUT2D eigenvalue weighted by molar-refractivity contribution is 0.0757. The van der Waals surface area contributed by atoms with Gasteiger partial charge in [0, 0.05) is 32.7 Å². The number of nitrogens with zero attached hydrogens (tertiary/aromatic N) is 2. The van der Waals surface area contributed by atoms with Crippen LogP contribution in [0.2, 0.25) is 0 Å². The van der Waals surface area contributed by atoms with Crippen LogP contribution in [0.25, 0.3) is 0 Å². The number of hydrogen-bond acceptors (Lipinski definition) is 3. The van der Waals surface area contributed by atoms with Crippen LogP contribution >= 0.6 is 0 Å². The molecule has 0 spiro atoms. The van der Waals surface area contributed by atoms with Crippen molar-refractivity contribution in [2.45, 2.75) is 26.8 Å². The van der Waals surface area contributed by atoms with E-state index in [9.17, 15) is 4.79 Å². The molecule has 26 heavy (non-hydrogen) atoms. The van der Waals surface area contributed by atoms with Crippen LogP contribution in [0, 0.1) is 6.92 Å². The fourth-order valence-electron chi connectivity index (χ4n) is 3.46. The average Bonchev–Trinajstić information content (AvgIpc) is 2.89. The van der Waals surface area contributed by atoms with E-state index in [-0.39, 0.29) is 5.91 Å². The van der Waals surface area contributed by atoms with Crippen LogP contribution in [0.15, 0.2) is 48.5 Å². The summed E-state index contributed by atoms with van der Waals surface area (Å²) in [6.07, 6.45) is 0.994. The van der Waals surface area contributed by atoms with Gasteiger partial charge in [0.05, 0.1) is 12.2 Å². The molecule has 0 aromatic heterocycles. The first-order valence-corrected chi connectivity index (χ1v) is 9.47. The van der Waals surface area contributed by atoms with Gasteiger partial charge in [-0.1, -0.05) is 36.4 Å². The first-order valence-electron chi connectivity index (χ1n) is 9.47. The van der Waals surface area contributed by atoms with Crippen molar-refractivity contribution in [3.63, 3.8) is 0 Å². The van der Waals surface area contributed by atoms with Gasteiger partial charge in [0.2, 0.25) is 0 Å². The highest BCUT2D eigenvalue weighted by Gasteiger charge is 2.22. The lowest BCUT2D eigenvalue weighted by Gasteiger charge is -2.23. The first kappa shape index (κ1) is 18.5. The molecule has 1 fully saturated rings. The van der Waals surface area contributed by atoms with E-state index in [0.717, 1.165) is 39.1 Å². The van der Waals surface area contributed by atoms with Crippen molar-refractivity contribution in [1.82, 2.24) is 9.80 Å². The summed E-state index contributed by atoms with van der Waals surface area (Å²) in [5, 5.41) is 0. The summed E-state index contributed by atoms with van der Waals surface area (Å²) < 4.78 is 5.64. The zero-order chi connectivity index (χ0) is 18.4. The summed E-state index contributed by atoms with van der Waals surface area (Å²) in [7, 11) is 0. The van der Waals surface area contributed by atoms with E-state index in [0.29, 0.717) is 17.9 Å². The van der Waals surface area contributed by atoms with Crippen molar-refractivity contribution in [1.29, 1.82) is 0 Å². The molecule has 0 aliphatic carbocycles. The van der Waals surface area contributed by atoms with Crippen molar-refractivity contribution in [2.75, 3.05) is 32.8 Å². The fraction of sp³-hybridized carbons (Fsp3) is 0.409. The quantitative estimate of drug-likeness (QED) is 0.822. The number of ether oxygens (including phenoxy) is 1. The average molecular weight is 352 g/mol. The van der Waals surface area contributed by atoms with E-state index in [1.54, 1.807) is 0 Å². The smallest absolute Gasteiger partial charge is 0.257 e. The van der Waals surface area contributed by atoms with Crippen LogP contribution in [-0.2, 0) is 6.54 Å². The second-order valence-corrected chi connectivity index (χ2v) is 6.78. The van der Waals surface area contributed by atoms with Gasteiger partial charge >= 0.3 is 0 Å². The van der Waals surface area contributed by atoms with E-state index in [2.05, 4.69) is 36.1 Å². The maximum atomic E-state index is 13.0. The lowest BCUT2D eigenvalue weighted by Crippen LogP contribution is -2.35. The molecule has 4 nitrogen and oxygen atoms in total. The minimum atomic E-state index is 0.0757.